The number of aromatic nitrogens is 2. The molecule has 48 heavy (non-hydrogen) atoms. The number of halogens is 3. The maximum Gasteiger partial charge on any atom is 0.406 e. The highest BCUT2D eigenvalue weighted by atomic mass is 19.4. The molecule has 3 aromatic rings. The fraction of sp³-hybridized carbons (Fsp3) is 0.514. The highest BCUT2D eigenvalue weighted by molar-refractivity contribution is 5.83. The zero-order valence-corrected chi connectivity index (χ0v) is 27.9. The summed E-state index contributed by atoms with van der Waals surface area (Å²) in [4.78, 5) is 34.6. The van der Waals surface area contributed by atoms with Gasteiger partial charge < -0.3 is 30.7 Å². The maximum atomic E-state index is 13.5. The zero-order chi connectivity index (χ0) is 34.5. The number of amides is 2. The van der Waals surface area contributed by atoms with Gasteiger partial charge in [0, 0.05) is 69.7 Å². The molecule has 2 saturated heterocycles. The largest absolute Gasteiger partial charge is 0.406 e. The van der Waals surface area contributed by atoms with Crippen molar-refractivity contribution in [3.8, 4) is 11.8 Å². The number of carbonyl (C=O) groups excluding carboxylic acids is 2. The molecule has 258 valence electrons. The number of piperazine rings is 1. The van der Waals surface area contributed by atoms with Crippen molar-refractivity contribution in [2.45, 2.75) is 64.5 Å². The highest BCUT2D eigenvalue weighted by Gasteiger charge is 2.30. The predicted octanol–water partition coefficient (Wildman–Crippen LogP) is 3.50. The van der Waals surface area contributed by atoms with E-state index >= 15 is 0 Å². The topological polar surface area (TPSA) is 112 Å². The number of nitrogens with zero attached hydrogens (tertiary/aromatic N) is 5. The standard InChI is InChI=1S/C35H45F3N8O2/c1-25(47)44-17-15-43(16-18-44)23-33(48)45-13-10-28(11-14-45)41-21-26-6-8-31-27(19-26)20-30(46(31)24-35(36,37)38)5-4-12-40-29-7-9-32(42-22-29)34(2,3)39/h6-9,19-20,22,28,40-41H,10-18,21,23-24,39H2,1-3H3. The van der Waals surface area contributed by atoms with Gasteiger partial charge in [0.05, 0.1) is 41.9 Å². The first kappa shape index (κ1) is 35.2. The van der Waals surface area contributed by atoms with Gasteiger partial charge in [-0.1, -0.05) is 12.0 Å². The summed E-state index contributed by atoms with van der Waals surface area (Å²) >= 11 is 0. The van der Waals surface area contributed by atoms with E-state index in [-0.39, 0.29) is 24.4 Å². The van der Waals surface area contributed by atoms with E-state index in [0.717, 1.165) is 29.8 Å². The highest BCUT2D eigenvalue weighted by Crippen LogP contribution is 2.27. The van der Waals surface area contributed by atoms with E-state index in [1.54, 1.807) is 25.3 Å². The first-order valence-electron chi connectivity index (χ1n) is 16.4. The number of pyridine rings is 1. The zero-order valence-electron chi connectivity index (χ0n) is 27.9. The van der Waals surface area contributed by atoms with Crippen molar-refractivity contribution >= 4 is 28.4 Å². The molecular formula is C35H45F3N8O2. The molecule has 5 rings (SSSR count). The molecular weight excluding hydrogens is 621 g/mol. The Bertz CT molecular complexity index is 1640. The first-order valence-corrected chi connectivity index (χ1v) is 16.4. The second kappa shape index (κ2) is 15.0. The third kappa shape index (κ3) is 9.49. The van der Waals surface area contributed by atoms with Crippen LogP contribution < -0.4 is 16.4 Å². The minimum Gasteiger partial charge on any atom is -0.373 e. The normalized spacial score (nSPS) is 16.6. The van der Waals surface area contributed by atoms with Crippen LogP contribution in [0.4, 0.5) is 18.9 Å². The van der Waals surface area contributed by atoms with Gasteiger partial charge in [0.25, 0.3) is 0 Å². The molecule has 0 unspecified atom stereocenters. The van der Waals surface area contributed by atoms with Crippen LogP contribution in [0.15, 0.2) is 42.6 Å². The minimum atomic E-state index is -4.40. The van der Waals surface area contributed by atoms with Crippen molar-refractivity contribution in [2.75, 3.05) is 57.7 Å². The molecule has 10 nitrogen and oxygen atoms in total. The van der Waals surface area contributed by atoms with Crippen LogP contribution in [-0.4, -0.2) is 101 Å². The Labute approximate surface area is 279 Å². The van der Waals surface area contributed by atoms with Crippen LogP contribution in [0.5, 0.6) is 0 Å². The van der Waals surface area contributed by atoms with Crippen molar-refractivity contribution in [1.82, 2.24) is 29.6 Å². The SMILES string of the molecule is CC(=O)N1CCN(CC(=O)N2CCC(NCc3ccc4c(c3)cc(C#CCNc3ccc(C(C)(C)N)nc3)n4CC(F)(F)F)CC2)CC1. The Hall–Kier alpha value is -4.12. The Morgan fingerprint density at radius 2 is 1.73 bits per heavy atom. The number of rotatable bonds is 9. The van der Waals surface area contributed by atoms with Crippen molar-refractivity contribution < 1.29 is 22.8 Å². The number of piperidine rings is 1. The van der Waals surface area contributed by atoms with Gasteiger partial charge in [-0.05, 0) is 68.5 Å². The van der Waals surface area contributed by atoms with Gasteiger partial charge in [-0.3, -0.25) is 19.5 Å². The number of carbonyl (C=O) groups is 2. The number of hydrogen-bond acceptors (Lipinski definition) is 7. The van der Waals surface area contributed by atoms with E-state index < -0.39 is 18.3 Å². The number of nitrogens with one attached hydrogen (secondary N) is 2. The third-order valence-electron chi connectivity index (χ3n) is 8.94. The number of benzene rings is 1. The summed E-state index contributed by atoms with van der Waals surface area (Å²) in [6.07, 6.45) is -1.08. The molecule has 2 aromatic heterocycles. The number of anilines is 1. The van der Waals surface area contributed by atoms with Crippen molar-refractivity contribution in [3.05, 3.63) is 59.5 Å². The first-order chi connectivity index (χ1) is 22.7. The Kier molecular flexibility index (Phi) is 11.0. The lowest BCUT2D eigenvalue weighted by atomic mass is 10.0. The van der Waals surface area contributed by atoms with Gasteiger partial charge in [0.2, 0.25) is 11.8 Å². The summed E-state index contributed by atoms with van der Waals surface area (Å²) in [5.41, 5.74) is 8.75. The number of likely N-dealkylation sites (tertiary alicyclic amines) is 1. The van der Waals surface area contributed by atoms with E-state index in [0.29, 0.717) is 69.0 Å². The second-order valence-electron chi connectivity index (χ2n) is 13.3. The molecule has 0 saturated carbocycles. The molecule has 13 heteroatoms. The average molecular weight is 667 g/mol. The van der Waals surface area contributed by atoms with Crippen LogP contribution >= 0.6 is 0 Å². The smallest absolute Gasteiger partial charge is 0.373 e. The summed E-state index contributed by atoms with van der Waals surface area (Å²) in [5.74, 6) is 6.06. The number of alkyl halides is 3. The molecule has 4 heterocycles. The molecule has 1 aromatic carbocycles. The molecule has 2 aliphatic rings. The molecule has 0 aliphatic carbocycles. The van der Waals surface area contributed by atoms with Gasteiger partial charge in [0.1, 0.15) is 6.54 Å². The summed E-state index contributed by atoms with van der Waals surface area (Å²) < 4.78 is 41.9. The van der Waals surface area contributed by atoms with E-state index in [1.165, 1.54) is 4.57 Å². The molecule has 0 bridgehead atoms. The summed E-state index contributed by atoms with van der Waals surface area (Å²) in [5, 5.41) is 7.40. The van der Waals surface area contributed by atoms with E-state index in [2.05, 4.69) is 32.4 Å². The Morgan fingerprint density at radius 3 is 2.35 bits per heavy atom. The van der Waals surface area contributed by atoms with Crippen LogP contribution in [-0.2, 0) is 28.2 Å². The van der Waals surface area contributed by atoms with Crippen LogP contribution in [0.25, 0.3) is 10.9 Å². The monoisotopic (exact) mass is 666 g/mol. The van der Waals surface area contributed by atoms with Crippen LogP contribution in [0.2, 0.25) is 0 Å². The van der Waals surface area contributed by atoms with Gasteiger partial charge in [-0.25, -0.2) is 0 Å². The van der Waals surface area contributed by atoms with Gasteiger partial charge >= 0.3 is 6.18 Å². The van der Waals surface area contributed by atoms with Crippen LogP contribution in [0.3, 0.4) is 0 Å². The van der Waals surface area contributed by atoms with E-state index in [4.69, 9.17) is 5.73 Å². The minimum absolute atomic E-state index is 0.0719. The maximum absolute atomic E-state index is 13.5. The molecule has 2 amide bonds. The molecule has 0 spiro atoms. The average Bonchev–Trinajstić information content (AvgIpc) is 3.37. The fourth-order valence-electron chi connectivity index (χ4n) is 6.15. The summed E-state index contributed by atoms with van der Waals surface area (Å²) in [6, 6.07) is 11.1. The van der Waals surface area contributed by atoms with Crippen LogP contribution in [0, 0.1) is 11.8 Å². The lowest BCUT2D eigenvalue weighted by Crippen LogP contribution is -2.52. The Morgan fingerprint density at radius 1 is 1.00 bits per heavy atom. The lowest BCUT2D eigenvalue weighted by Gasteiger charge is -2.37. The number of hydrogen-bond donors (Lipinski definition) is 3. The molecule has 2 fully saturated rings. The van der Waals surface area contributed by atoms with Crippen molar-refractivity contribution in [1.29, 1.82) is 0 Å². The quantitative estimate of drug-likeness (QED) is 0.300. The Balaban J connectivity index is 1.14. The van der Waals surface area contributed by atoms with Gasteiger partial charge in [0.15, 0.2) is 0 Å². The second-order valence-corrected chi connectivity index (χ2v) is 13.3. The fourth-order valence-corrected chi connectivity index (χ4v) is 6.15. The van der Waals surface area contributed by atoms with E-state index in [9.17, 15) is 22.8 Å². The lowest BCUT2D eigenvalue weighted by molar-refractivity contribution is -0.140. The molecule has 0 atom stereocenters. The van der Waals surface area contributed by atoms with E-state index in [1.807, 2.05) is 47.9 Å². The van der Waals surface area contributed by atoms with Gasteiger partial charge in [-0.15, -0.1) is 0 Å². The summed E-state index contributed by atoms with van der Waals surface area (Å²) in [7, 11) is 0. The number of fused-ring (bicyclic) bond motifs is 1. The van der Waals surface area contributed by atoms with Crippen molar-refractivity contribution in [2.24, 2.45) is 5.73 Å². The third-order valence-corrected chi connectivity index (χ3v) is 8.94. The molecule has 4 N–H and O–H groups in total. The number of nitrogens with two attached hydrogens (primary N) is 1. The summed E-state index contributed by atoms with van der Waals surface area (Å²) in [6.45, 7) is 9.43. The molecule has 2 aliphatic heterocycles. The van der Waals surface area contributed by atoms with Gasteiger partial charge in [-0.2, -0.15) is 13.2 Å². The predicted molar refractivity (Wildman–Crippen MR) is 180 cm³/mol. The van der Waals surface area contributed by atoms with Crippen LogP contribution in [0.1, 0.15) is 50.6 Å². The molecule has 0 radical (unpaired) electrons. The van der Waals surface area contributed by atoms with Crippen molar-refractivity contribution in [3.63, 3.8) is 0 Å².